The highest BCUT2D eigenvalue weighted by atomic mass is 16.5. The summed E-state index contributed by atoms with van der Waals surface area (Å²) in [5.41, 5.74) is 0. The molecule has 0 radical (unpaired) electrons. The van der Waals surface area contributed by atoms with Crippen LogP contribution in [0.5, 0.6) is 0 Å². The molecule has 0 aliphatic rings. The van der Waals surface area contributed by atoms with Crippen molar-refractivity contribution in [3.63, 3.8) is 0 Å². The van der Waals surface area contributed by atoms with E-state index in [-0.39, 0.29) is 0 Å². The van der Waals surface area contributed by atoms with E-state index in [0.29, 0.717) is 25.0 Å². The Bertz CT molecular complexity index is 304. The number of ether oxygens (including phenoxy) is 2. The highest BCUT2D eigenvalue weighted by Gasteiger charge is 2.07. The Morgan fingerprint density at radius 1 is 0.818 bits per heavy atom. The van der Waals surface area contributed by atoms with Gasteiger partial charge in [-0.2, -0.15) is 0 Å². The van der Waals surface area contributed by atoms with Crippen LogP contribution in [-0.2, 0) is 19.1 Å². The highest BCUT2D eigenvalue weighted by Crippen LogP contribution is 2.09. The Morgan fingerprint density at radius 2 is 1.18 bits per heavy atom. The molecule has 0 aliphatic heterocycles. The monoisotopic (exact) mass is 312 g/mol. The van der Waals surface area contributed by atoms with Crippen LogP contribution in [0, 0.1) is 11.8 Å². The molecule has 128 valence electrons. The minimum atomic E-state index is -0.487. The van der Waals surface area contributed by atoms with Gasteiger partial charge in [-0.05, 0) is 24.7 Å². The summed E-state index contributed by atoms with van der Waals surface area (Å²) in [6.45, 7) is 9.17. The molecule has 0 fully saturated rings. The largest absolute Gasteiger partial charge is 0.462 e. The molecule has 0 aromatic rings. The van der Waals surface area contributed by atoms with E-state index in [2.05, 4.69) is 27.7 Å². The molecule has 2 unspecified atom stereocenters. The third-order valence-electron chi connectivity index (χ3n) is 3.48. The zero-order valence-corrected chi connectivity index (χ0v) is 14.6. The Labute approximate surface area is 135 Å². The van der Waals surface area contributed by atoms with E-state index < -0.39 is 11.9 Å². The highest BCUT2D eigenvalue weighted by molar-refractivity contribution is 5.91. The number of carbonyl (C=O) groups excluding carboxylic acids is 2. The molecule has 0 aliphatic carbocycles. The lowest BCUT2D eigenvalue weighted by Gasteiger charge is -2.10. The van der Waals surface area contributed by atoms with Gasteiger partial charge in [-0.1, -0.05) is 53.4 Å². The van der Waals surface area contributed by atoms with E-state index in [0.717, 1.165) is 50.7 Å². The summed E-state index contributed by atoms with van der Waals surface area (Å²) >= 11 is 0. The van der Waals surface area contributed by atoms with Crippen molar-refractivity contribution >= 4 is 11.9 Å². The molecule has 4 heteroatoms. The van der Waals surface area contributed by atoms with E-state index in [1.54, 1.807) is 0 Å². The first-order chi connectivity index (χ1) is 10.5. The van der Waals surface area contributed by atoms with Crippen LogP contribution in [0.15, 0.2) is 12.2 Å². The van der Waals surface area contributed by atoms with Crippen LogP contribution in [0.4, 0.5) is 0 Å². The molecule has 0 N–H and O–H groups in total. The fraction of sp³-hybridized carbons (Fsp3) is 0.778. The van der Waals surface area contributed by atoms with Crippen LogP contribution in [0.25, 0.3) is 0 Å². The molecule has 2 atom stereocenters. The van der Waals surface area contributed by atoms with Gasteiger partial charge >= 0.3 is 11.9 Å². The molecular formula is C18H32O4. The van der Waals surface area contributed by atoms with Gasteiger partial charge in [0.1, 0.15) is 0 Å². The van der Waals surface area contributed by atoms with Gasteiger partial charge in [0.25, 0.3) is 0 Å². The molecular weight excluding hydrogens is 280 g/mol. The Hall–Kier alpha value is -1.32. The Balaban J connectivity index is 3.84. The van der Waals surface area contributed by atoms with Crippen molar-refractivity contribution in [2.75, 3.05) is 13.2 Å². The quantitative estimate of drug-likeness (QED) is 0.398. The average Bonchev–Trinajstić information content (AvgIpc) is 2.52. The van der Waals surface area contributed by atoms with Gasteiger partial charge in [0, 0.05) is 12.2 Å². The number of hydrogen-bond acceptors (Lipinski definition) is 4. The van der Waals surface area contributed by atoms with Crippen molar-refractivity contribution in [3.8, 4) is 0 Å². The number of carbonyl (C=O) groups is 2. The molecule has 0 saturated carbocycles. The Kier molecular flexibility index (Phi) is 12.5. The van der Waals surface area contributed by atoms with E-state index in [1.807, 2.05) is 0 Å². The number of unbranched alkanes of at least 4 members (excludes halogenated alkanes) is 2. The van der Waals surface area contributed by atoms with E-state index in [9.17, 15) is 9.59 Å². The summed E-state index contributed by atoms with van der Waals surface area (Å²) < 4.78 is 10.2. The van der Waals surface area contributed by atoms with Crippen LogP contribution in [0.1, 0.15) is 66.2 Å². The minimum absolute atomic E-state index is 0.351. The lowest BCUT2D eigenvalue weighted by molar-refractivity contribution is -0.141. The molecule has 4 nitrogen and oxygen atoms in total. The topological polar surface area (TPSA) is 52.6 Å². The summed E-state index contributed by atoms with van der Waals surface area (Å²) in [6.07, 6.45) is 8.93. The Morgan fingerprint density at radius 3 is 1.50 bits per heavy atom. The van der Waals surface area contributed by atoms with Crippen molar-refractivity contribution in [2.24, 2.45) is 11.8 Å². The summed E-state index contributed by atoms with van der Waals surface area (Å²) in [7, 11) is 0. The normalized spacial score (nSPS) is 13.8. The predicted molar refractivity (Wildman–Crippen MR) is 88.4 cm³/mol. The lowest BCUT2D eigenvalue weighted by Crippen LogP contribution is -2.12. The molecule has 0 saturated heterocycles. The number of rotatable bonds is 12. The van der Waals surface area contributed by atoms with Gasteiger partial charge in [-0.25, -0.2) is 9.59 Å². The fourth-order valence-electron chi connectivity index (χ4n) is 1.95. The van der Waals surface area contributed by atoms with Crippen molar-refractivity contribution in [1.29, 1.82) is 0 Å². The predicted octanol–water partition coefficient (Wildman–Crippen LogP) is 4.28. The second-order valence-electron chi connectivity index (χ2n) is 6.09. The summed E-state index contributed by atoms with van der Waals surface area (Å²) in [6, 6.07) is 0. The van der Waals surface area contributed by atoms with Gasteiger partial charge in [0.15, 0.2) is 0 Å². The molecule has 0 spiro atoms. The molecule has 0 amide bonds. The van der Waals surface area contributed by atoms with E-state index in [1.165, 1.54) is 0 Å². The van der Waals surface area contributed by atoms with Crippen molar-refractivity contribution in [3.05, 3.63) is 12.2 Å². The van der Waals surface area contributed by atoms with Gasteiger partial charge < -0.3 is 9.47 Å². The van der Waals surface area contributed by atoms with Gasteiger partial charge in [0.2, 0.25) is 0 Å². The standard InChI is InChI=1S/C18H32O4/c1-5-7-9-15(3)13-21-17(19)11-12-18(20)22-14-16(4)10-8-6-2/h11-12,15-16H,5-10,13-14H2,1-4H3/b12-11-. The van der Waals surface area contributed by atoms with Crippen molar-refractivity contribution in [1.82, 2.24) is 0 Å². The molecule has 0 bridgehead atoms. The van der Waals surface area contributed by atoms with Crippen LogP contribution in [0.2, 0.25) is 0 Å². The number of hydrogen-bond donors (Lipinski definition) is 0. The maximum atomic E-state index is 11.5. The van der Waals surface area contributed by atoms with Crippen molar-refractivity contribution in [2.45, 2.75) is 66.2 Å². The van der Waals surface area contributed by atoms with E-state index in [4.69, 9.17) is 9.47 Å². The summed E-state index contributed by atoms with van der Waals surface area (Å²) in [5, 5.41) is 0. The van der Waals surface area contributed by atoms with Gasteiger partial charge in [-0.15, -0.1) is 0 Å². The van der Waals surface area contributed by atoms with Gasteiger partial charge in [0.05, 0.1) is 13.2 Å². The zero-order chi connectivity index (χ0) is 16.8. The minimum Gasteiger partial charge on any atom is -0.462 e. The molecule has 0 aromatic carbocycles. The average molecular weight is 312 g/mol. The SMILES string of the molecule is CCCCC(C)COC(=O)/C=C\C(=O)OCC(C)CCCC. The zero-order valence-electron chi connectivity index (χ0n) is 14.6. The second kappa shape index (κ2) is 13.4. The lowest BCUT2D eigenvalue weighted by atomic mass is 10.1. The van der Waals surface area contributed by atoms with Crippen molar-refractivity contribution < 1.29 is 19.1 Å². The molecule has 0 aromatic heterocycles. The summed E-state index contributed by atoms with van der Waals surface area (Å²) in [4.78, 5) is 23.0. The first-order valence-electron chi connectivity index (χ1n) is 8.51. The first kappa shape index (κ1) is 20.7. The first-order valence-corrected chi connectivity index (χ1v) is 8.51. The fourth-order valence-corrected chi connectivity index (χ4v) is 1.95. The van der Waals surface area contributed by atoms with Crippen LogP contribution in [-0.4, -0.2) is 25.2 Å². The summed E-state index contributed by atoms with van der Waals surface area (Å²) in [5.74, 6) is -0.272. The molecule has 22 heavy (non-hydrogen) atoms. The smallest absolute Gasteiger partial charge is 0.331 e. The van der Waals surface area contributed by atoms with Crippen LogP contribution >= 0.6 is 0 Å². The van der Waals surface area contributed by atoms with Crippen LogP contribution < -0.4 is 0 Å². The maximum Gasteiger partial charge on any atom is 0.331 e. The molecule has 0 rings (SSSR count). The van der Waals surface area contributed by atoms with E-state index >= 15 is 0 Å². The third kappa shape index (κ3) is 12.4. The van der Waals surface area contributed by atoms with Gasteiger partial charge in [-0.3, -0.25) is 0 Å². The maximum absolute atomic E-state index is 11.5. The number of esters is 2. The molecule has 0 heterocycles. The third-order valence-corrected chi connectivity index (χ3v) is 3.48. The van der Waals surface area contributed by atoms with Crippen LogP contribution in [0.3, 0.4) is 0 Å². The second-order valence-corrected chi connectivity index (χ2v) is 6.09.